The standard InChI is InChI=1S/C18H23N3O3/c1-24-11-10-21-18(23)15-9-5-4-8-14(15)16(20-21)12-19-17(22)13-6-2-3-7-13/h4-5,8-9,13H,2-3,6-7,10-12H2,1H3,(H,19,22). The number of rotatable bonds is 6. The molecule has 0 atom stereocenters. The van der Waals surface area contributed by atoms with Crippen molar-refractivity contribution in [1.82, 2.24) is 15.1 Å². The molecule has 1 aliphatic rings. The molecule has 1 heterocycles. The summed E-state index contributed by atoms with van der Waals surface area (Å²) >= 11 is 0. The number of hydrogen-bond acceptors (Lipinski definition) is 4. The maximum atomic E-state index is 12.5. The van der Waals surface area contributed by atoms with Crippen LogP contribution in [0, 0.1) is 5.92 Å². The predicted molar refractivity (Wildman–Crippen MR) is 91.7 cm³/mol. The van der Waals surface area contributed by atoms with Gasteiger partial charge < -0.3 is 10.1 Å². The van der Waals surface area contributed by atoms with E-state index in [1.165, 1.54) is 4.68 Å². The molecule has 3 rings (SSSR count). The van der Waals surface area contributed by atoms with Crippen LogP contribution in [0.1, 0.15) is 31.4 Å². The van der Waals surface area contributed by atoms with Crippen molar-refractivity contribution in [2.45, 2.75) is 38.8 Å². The number of ether oxygens (including phenoxy) is 1. The Morgan fingerprint density at radius 1 is 1.29 bits per heavy atom. The van der Waals surface area contributed by atoms with Gasteiger partial charge in [-0.15, -0.1) is 0 Å². The molecule has 0 bridgehead atoms. The summed E-state index contributed by atoms with van der Waals surface area (Å²) in [5.74, 6) is 0.212. The highest BCUT2D eigenvalue weighted by molar-refractivity contribution is 5.84. The first-order valence-corrected chi connectivity index (χ1v) is 8.46. The van der Waals surface area contributed by atoms with Gasteiger partial charge in [0.15, 0.2) is 0 Å². The van der Waals surface area contributed by atoms with E-state index >= 15 is 0 Å². The summed E-state index contributed by atoms with van der Waals surface area (Å²) in [6, 6.07) is 7.39. The SMILES string of the molecule is COCCn1nc(CNC(=O)C2CCCC2)c2ccccc2c1=O. The summed E-state index contributed by atoms with van der Waals surface area (Å²) in [5.41, 5.74) is 0.584. The third-order valence-corrected chi connectivity index (χ3v) is 4.61. The van der Waals surface area contributed by atoms with Gasteiger partial charge in [0.05, 0.1) is 30.8 Å². The van der Waals surface area contributed by atoms with E-state index in [1.807, 2.05) is 18.2 Å². The summed E-state index contributed by atoms with van der Waals surface area (Å²) in [7, 11) is 1.59. The number of benzene rings is 1. The summed E-state index contributed by atoms with van der Waals surface area (Å²) < 4.78 is 6.47. The minimum Gasteiger partial charge on any atom is -0.383 e. The molecule has 1 fully saturated rings. The molecule has 128 valence electrons. The quantitative estimate of drug-likeness (QED) is 0.878. The molecule has 6 heteroatoms. The van der Waals surface area contributed by atoms with Gasteiger partial charge in [-0.1, -0.05) is 31.0 Å². The highest BCUT2D eigenvalue weighted by atomic mass is 16.5. The minimum atomic E-state index is -0.131. The third-order valence-electron chi connectivity index (χ3n) is 4.61. The first-order valence-electron chi connectivity index (χ1n) is 8.46. The Kier molecular flexibility index (Phi) is 5.25. The van der Waals surface area contributed by atoms with Gasteiger partial charge in [0.2, 0.25) is 5.91 Å². The lowest BCUT2D eigenvalue weighted by Crippen LogP contribution is -2.32. The van der Waals surface area contributed by atoms with E-state index < -0.39 is 0 Å². The van der Waals surface area contributed by atoms with Crippen LogP contribution in [0.3, 0.4) is 0 Å². The Labute approximate surface area is 140 Å². The summed E-state index contributed by atoms with van der Waals surface area (Å²) in [6.07, 6.45) is 4.18. The molecule has 6 nitrogen and oxygen atoms in total. The highest BCUT2D eigenvalue weighted by Crippen LogP contribution is 2.24. The molecule has 1 amide bonds. The van der Waals surface area contributed by atoms with Crippen molar-refractivity contribution in [3.63, 3.8) is 0 Å². The molecular weight excluding hydrogens is 306 g/mol. The van der Waals surface area contributed by atoms with Gasteiger partial charge in [-0.3, -0.25) is 9.59 Å². The Bertz CT molecular complexity index is 779. The highest BCUT2D eigenvalue weighted by Gasteiger charge is 2.22. The van der Waals surface area contributed by atoms with E-state index in [0.29, 0.717) is 30.8 Å². The van der Waals surface area contributed by atoms with E-state index in [2.05, 4.69) is 10.4 Å². The zero-order valence-corrected chi connectivity index (χ0v) is 14.0. The molecule has 1 aromatic carbocycles. The molecule has 1 aliphatic carbocycles. The smallest absolute Gasteiger partial charge is 0.274 e. The number of nitrogens with zero attached hydrogens (tertiary/aromatic N) is 2. The van der Waals surface area contributed by atoms with Gasteiger partial charge in [-0.25, -0.2) is 4.68 Å². The van der Waals surface area contributed by atoms with Crippen LogP contribution in [0.4, 0.5) is 0 Å². The molecule has 2 aromatic rings. The molecule has 0 unspecified atom stereocenters. The van der Waals surface area contributed by atoms with Crippen LogP contribution >= 0.6 is 0 Å². The zero-order chi connectivity index (χ0) is 16.9. The Hall–Kier alpha value is -2.21. The third kappa shape index (κ3) is 3.48. The number of carbonyl (C=O) groups excluding carboxylic acids is 1. The fraction of sp³-hybridized carbons (Fsp3) is 0.500. The lowest BCUT2D eigenvalue weighted by molar-refractivity contribution is -0.124. The number of carbonyl (C=O) groups is 1. The second-order valence-electron chi connectivity index (χ2n) is 6.21. The van der Waals surface area contributed by atoms with E-state index in [-0.39, 0.29) is 17.4 Å². The van der Waals surface area contributed by atoms with Gasteiger partial charge in [0.1, 0.15) is 0 Å². The molecular formula is C18H23N3O3. The van der Waals surface area contributed by atoms with Gasteiger partial charge in [0.25, 0.3) is 5.56 Å². The van der Waals surface area contributed by atoms with Crippen molar-refractivity contribution in [2.24, 2.45) is 5.92 Å². The number of nitrogens with one attached hydrogen (secondary N) is 1. The van der Waals surface area contributed by atoms with Crippen LogP contribution in [0.25, 0.3) is 10.8 Å². The number of aromatic nitrogens is 2. The molecule has 0 radical (unpaired) electrons. The van der Waals surface area contributed by atoms with E-state index in [0.717, 1.165) is 31.1 Å². The molecule has 0 saturated heterocycles. The maximum Gasteiger partial charge on any atom is 0.274 e. The van der Waals surface area contributed by atoms with Crippen molar-refractivity contribution in [2.75, 3.05) is 13.7 Å². The Morgan fingerprint density at radius 3 is 2.71 bits per heavy atom. The van der Waals surface area contributed by atoms with Crippen molar-refractivity contribution in [3.8, 4) is 0 Å². The fourth-order valence-corrected chi connectivity index (χ4v) is 3.27. The summed E-state index contributed by atoms with van der Waals surface area (Å²) in [4.78, 5) is 24.7. The van der Waals surface area contributed by atoms with Gasteiger partial charge >= 0.3 is 0 Å². The van der Waals surface area contributed by atoms with Gasteiger partial charge in [-0.05, 0) is 18.9 Å². The molecule has 0 spiro atoms. The normalized spacial score (nSPS) is 15.0. The molecule has 0 aliphatic heterocycles. The number of hydrogen-bond donors (Lipinski definition) is 1. The van der Waals surface area contributed by atoms with E-state index in [9.17, 15) is 9.59 Å². The lowest BCUT2D eigenvalue weighted by atomic mass is 10.1. The van der Waals surface area contributed by atoms with Crippen molar-refractivity contribution >= 4 is 16.7 Å². The second-order valence-corrected chi connectivity index (χ2v) is 6.21. The van der Waals surface area contributed by atoms with Crippen LogP contribution < -0.4 is 10.9 Å². The monoisotopic (exact) mass is 329 g/mol. The largest absolute Gasteiger partial charge is 0.383 e. The fourth-order valence-electron chi connectivity index (χ4n) is 3.27. The van der Waals surface area contributed by atoms with Crippen LogP contribution in [0.15, 0.2) is 29.1 Å². The van der Waals surface area contributed by atoms with Crippen molar-refractivity contribution < 1.29 is 9.53 Å². The van der Waals surface area contributed by atoms with Crippen LogP contribution in [0.5, 0.6) is 0 Å². The maximum absolute atomic E-state index is 12.5. The van der Waals surface area contributed by atoms with Crippen molar-refractivity contribution in [3.05, 3.63) is 40.3 Å². The molecule has 24 heavy (non-hydrogen) atoms. The number of fused-ring (bicyclic) bond motifs is 1. The second kappa shape index (κ2) is 7.57. The lowest BCUT2D eigenvalue weighted by Gasteiger charge is -2.13. The number of amides is 1. The average Bonchev–Trinajstić information content (AvgIpc) is 3.15. The molecule has 1 aromatic heterocycles. The van der Waals surface area contributed by atoms with Crippen LogP contribution in [0.2, 0.25) is 0 Å². The predicted octanol–water partition coefficient (Wildman–Crippen LogP) is 1.85. The minimum absolute atomic E-state index is 0.0908. The van der Waals surface area contributed by atoms with Crippen molar-refractivity contribution in [1.29, 1.82) is 0 Å². The summed E-state index contributed by atoms with van der Waals surface area (Å²) in [5, 5.41) is 8.85. The first-order chi connectivity index (χ1) is 11.7. The van der Waals surface area contributed by atoms with E-state index in [1.54, 1.807) is 13.2 Å². The van der Waals surface area contributed by atoms with E-state index in [4.69, 9.17) is 4.74 Å². The van der Waals surface area contributed by atoms with Gasteiger partial charge in [-0.2, -0.15) is 5.10 Å². The van der Waals surface area contributed by atoms with Crippen LogP contribution in [-0.2, 0) is 22.6 Å². The molecule has 1 N–H and O–H groups in total. The average molecular weight is 329 g/mol. The van der Waals surface area contributed by atoms with Crippen LogP contribution in [-0.4, -0.2) is 29.4 Å². The zero-order valence-electron chi connectivity index (χ0n) is 14.0. The summed E-state index contributed by atoms with van der Waals surface area (Å²) in [6.45, 7) is 1.14. The Morgan fingerprint density at radius 2 is 2.00 bits per heavy atom. The number of methoxy groups -OCH3 is 1. The Balaban J connectivity index is 1.86. The first kappa shape index (κ1) is 16.6. The van der Waals surface area contributed by atoms with Gasteiger partial charge in [0, 0.05) is 18.4 Å². The topological polar surface area (TPSA) is 73.2 Å². The molecule has 1 saturated carbocycles.